The van der Waals surface area contributed by atoms with E-state index in [1.165, 1.54) is 14.7 Å². The highest BCUT2D eigenvalue weighted by atomic mass is 16.2. The molecule has 1 heterocycles. The molecular formula is C23H27N3O3. The zero-order valence-corrected chi connectivity index (χ0v) is 17.3. The lowest BCUT2D eigenvalue weighted by molar-refractivity contribution is -0.116. The first kappa shape index (κ1) is 20.6. The van der Waals surface area contributed by atoms with Crippen molar-refractivity contribution in [3.05, 3.63) is 74.9 Å². The zero-order chi connectivity index (χ0) is 21.1. The Labute approximate surface area is 169 Å². The molecule has 1 amide bonds. The van der Waals surface area contributed by atoms with Crippen LogP contribution in [0.4, 0.5) is 5.69 Å². The first-order chi connectivity index (χ1) is 13.8. The largest absolute Gasteiger partial charge is 0.332 e. The topological polar surface area (TPSA) is 73.1 Å². The number of hydrogen-bond donors (Lipinski definition) is 1. The number of carbonyl (C=O) groups is 1. The molecule has 0 fully saturated rings. The molecule has 1 unspecified atom stereocenters. The van der Waals surface area contributed by atoms with E-state index < -0.39 is 5.69 Å². The molecule has 6 nitrogen and oxygen atoms in total. The average molecular weight is 393 g/mol. The van der Waals surface area contributed by atoms with Crippen molar-refractivity contribution < 1.29 is 4.79 Å². The van der Waals surface area contributed by atoms with E-state index in [2.05, 4.69) is 19.2 Å². The molecule has 3 aromatic rings. The fraction of sp³-hybridized carbons (Fsp3) is 0.348. The van der Waals surface area contributed by atoms with E-state index in [4.69, 9.17) is 0 Å². The Morgan fingerprint density at radius 3 is 2.28 bits per heavy atom. The van der Waals surface area contributed by atoms with Crippen LogP contribution in [0.25, 0.3) is 10.9 Å². The Kier molecular flexibility index (Phi) is 6.01. The molecule has 0 spiro atoms. The van der Waals surface area contributed by atoms with Gasteiger partial charge in [-0.1, -0.05) is 45.0 Å². The zero-order valence-electron chi connectivity index (χ0n) is 17.3. The van der Waals surface area contributed by atoms with Crippen LogP contribution in [0.2, 0.25) is 0 Å². The molecule has 0 aliphatic carbocycles. The van der Waals surface area contributed by atoms with Crippen LogP contribution in [0.5, 0.6) is 0 Å². The molecule has 0 bridgehead atoms. The van der Waals surface area contributed by atoms with Crippen LogP contribution < -0.4 is 16.6 Å². The summed E-state index contributed by atoms with van der Waals surface area (Å²) in [6.45, 7) is 7.80. The number of amides is 1. The predicted octanol–water partition coefficient (Wildman–Crippen LogP) is 3.90. The van der Waals surface area contributed by atoms with Gasteiger partial charge in [0.05, 0.1) is 10.9 Å². The van der Waals surface area contributed by atoms with Crippen molar-refractivity contribution in [2.24, 2.45) is 0 Å². The molecule has 0 saturated carbocycles. The van der Waals surface area contributed by atoms with E-state index in [0.717, 1.165) is 0 Å². The summed E-state index contributed by atoms with van der Waals surface area (Å²) in [5, 5.41) is 3.27. The Balaban J connectivity index is 1.98. The molecule has 152 valence electrons. The summed E-state index contributed by atoms with van der Waals surface area (Å²) in [6.07, 6.45) is 0.641. The Morgan fingerprint density at radius 2 is 1.66 bits per heavy atom. The van der Waals surface area contributed by atoms with E-state index in [1.54, 1.807) is 24.3 Å². The molecule has 0 aliphatic heterocycles. The minimum absolute atomic E-state index is 0.165. The molecule has 6 heteroatoms. The first-order valence-corrected chi connectivity index (χ1v) is 9.97. The minimum atomic E-state index is -0.464. The number of nitrogens with zero attached hydrogens (tertiary/aromatic N) is 2. The number of hydrogen-bond acceptors (Lipinski definition) is 3. The number of aromatic nitrogens is 2. The van der Waals surface area contributed by atoms with Crippen LogP contribution >= 0.6 is 0 Å². The van der Waals surface area contributed by atoms with Gasteiger partial charge in [-0.15, -0.1) is 0 Å². The third kappa shape index (κ3) is 4.16. The van der Waals surface area contributed by atoms with Gasteiger partial charge in [-0.3, -0.25) is 18.7 Å². The molecule has 1 aromatic heterocycles. The average Bonchev–Trinajstić information content (AvgIpc) is 2.71. The number of fused-ring (bicyclic) bond motifs is 1. The summed E-state index contributed by atoms with van der Waals surface area (Å²) in [7, 11) is 0. The van der Waals surface area contributed by atoms with Crippen molar-refractivity contribution in [1.29, 1.82) is 0 Å². The smallest absolute Gasteiger partial charge is 0.325 e. The van der Waals surface area contributed by atoms with E-state index in [0.29, 0.717) is 28.9 Å². The summed E-state index contributed by atoms with van der Waals surface area (Å²) in [5.41, 5.74) is 1.54. The monoisotopic (exact) mass is 393 g/mol. The van der Waals surface area contributed by atoms with Crippen LogP contribution in [-0.2, 0) is 11.3 Å². The SMILES string of the molecule is CCC(C)n1c(=O)c2ccccc2n(CC(=O)Nc2ccc(C(C)C)cc2)c1=O. The van der Waals surface area contributed by atoms with Crippen molar-refractivity contribution in [2.75, 3.05) is 5.32 Å². The highest BCUT2D eigenvalue weighted by Crippen LogP contribution is 2.17. The highest BCUT2D eigenvalue weighted by molar-refractivity contribution is 5.91. The maximum Gasteiger partial charge on any atom is 0.332 e. The van der Waals surface area contributed by atoms with Gasteiger partial charge in [0.1, 0.15) is 6.54 Å². The van der Waals surface area contributed by atoms with Crippen LogP contribution in [0, 0.1) is 0 Å². The Bertz CT molecular complexity index is 1140. The third-order valence-electron chi connectivity index (χ3n) is 5.28. The van der Waals surface area contributed by atoms with Gasteiger partial charge in [0.25, 0.3) is 5.56 Å². The third-order valence-corrected chi connectivity index (χ3v) is 5.28. The highest BCUT2D eigenvalue weighted by Gasteiger charge is 2.18. The van der Waals surface area contributed by atoms with Crippen molar-refractivity contribution in [1.82, 2.24) is 9.13 Å². The minimum Gasteiger partial charge on any atom is -0.325 e. The number of nitrogens with one attached hydrogen (secondary N) is 1. The molecule has 1 atom stereocenters. The maximum absolute atomic E-state index is 13.1. The summed E-state index contributed by atoms with van der Waals surface area (Å²) < 4.78 is 2.62. The summed E-state index contributed by atoms with van der Waals surface area (Å²) in [4.78, 5) is 38.5. The molecule has 3 rings (SSSR count). The second-order valence-corrected chi connectivity index (χ2v) is 7.64. The number of para-hydroxylation sites is 1. The fourth-order valence-corrected chi connectivity index (χ4v) is 3.36. The van der Waals surface area contributed by atoms with Gasteiger partial charge < -0.3 is 5.32 Å². The van der Waals surface area contributed by atoms with E-state index >= 15 is 0 Å². The molecule has 1 N–H and O–H groups in total. The summed E-state index contributed by atoms with van der Waals surface area (Å²) in [5.74, 6) is 0.0928. The van der Waals surface area contributed by atoms with E-state index in [1.807, 2.05) is 38.1 Å². The standard InChI is InChI=1S/C23H27N3O3/c1-5-16(4)26-22(28)19-8-6-7-9-20(19)25(23(26)29)14-21(27)24-18-12-10-17(11-13-18)15(2)3/h6-13,15-16H,5,14H2,1-4H3,(H,24,27). The molecule has 0 saturated heterocycles. The van der Waals surface area contributed by atoms with Gasteiger partial charge in [0.2, 0.25) is 5.91 Å². The number of carbonyl (C=O) groups excluding carboxylic acids is 1. The van der Waals surface area contributed by atoms with Crippen LogP contribution in [-0.4, -0.2) is 15.0 Å². The van der Waals surface area contributed by atoms with Crippen molar-refractivity contribution in [3.8, 4) is 0 Å². The van der Waals surface area contributed by atoms with Crippen LogP contribution in [0.3, 0.4) is 0 Å². The normalized spacial score (nSPS) is 12.3. The van der Waals surface area contributed by atoms with Crippen LogP contribution in [0.15, 0.2) is 58.1 Å². The van der Waals surface area contributed by atoms with Crippen LogP contribution in [0.1, 0.15) is 51.6 Å². The Morgan fingerprint density at radius 1 is 1.00 bits per heavy atom. The van der Waals surface area contributed by atoms with Gasteiger partial charge in [-0.05, 0) is 49.1 Å². The van der Waals surface area contributed by atoms with Crippen molar-refractivity contribution >= 4 is 22.5 Å². The van der Waals surface area contributed by atoms with Gasteiger partial charge >= 0.3 is 5.69 Å². The fourth-order valence-electron chi connectivity index (χ4n) is 3.36. The molecule has 0 aliphatic rings. The van der Waals surface area contributed by atoms with Gasteiger partial charge in [-0.25, -0.2) is 4.79 Å². The lowest BCUT2D eigenvalue weighted by Gasteiger charge is -2.17. The molecule has 2 aromatic carbocycles. The summed E-state index contributed by atoms with van der Waals surface area (Å²) >= 11 is 0. The second-order valence-electron chi connectivity index (χ2n) is 7.64. The molecule has 0 radical (unpaired) electrons. The molecular weight excluding hydrogens is 366 g/mol. The Hall–Kier alpha value is -3.15. The van der Waals surface area contributed by atoms with E-state index in [-0.39, 0.29) is 24.1 Å². The van der Waals surface area contributed by atoms with Crippen molar-refractivity contribution in [2.45, 2.75) is 52.6 Å². The predicted molar refractivity (Wildman–Crippen MR) is 117 cm³/mol. The van der Waals surface area contributed by atoms with Gasteiger partial charge in [-0.2, -0.15) is 0 Å². The number of rotatable bonds is 6. The van der Waals surface area contributed by atoms with E-state index in [9.17, 15) is 14.4 Å². The molecule has 29 heavy (non-hydrogen) atoms. The first-order valence-electron chi connectivity index (χ1n) is 9.97. The lowest BCUT2D eigenvalue weighted by atomic mass is 10.0. The number of anilines is 1. The quantitative estimate of drug-likeness (QED) is 0.690. The summed E-state index contributed by atoms with van der Waals surface area (Å²) in [6, 6.07) is 14.3. The van der Waals surface area contributed by atoms with Gasteiger partial charge in [0, 0.05) is 11.7 Å². The lowest BCUT2D eigenvalue weighted by Crippen LogP contribution is -2.43. The van der Waals surface area contributed by atoms with Crippen molar-refractivity contribution in [3.63, 3.8) is 0 Å². The van der Waals surface area contributed by atoms with Gasteiger partial charge in [0.15, 0.2) is 0 Å². The number of benzene rings is 2. The maximum atomic E-state index is 13.1. The second kappa shape index (κ2) is 8.47.